The smallest absolute Gasteiger partial charge is 0.320 e. The largest absolute Gasteiger partial charge is 0.480 e. The summed E-state index contributed by atoms with van der Waals surface area (Å²) < 4.78 is 0. The number of aliphatic carboxylic acids is 1. The lowest BCUT2D eigenvalue weighted by molar-refractivity contribution is -0.140. The highest BCUT2D eigenvalue weighted by atomic mass is 16.4. The fourth-order valence-electron chi connectivity index (χ4n) is 3.13. The Kier molecular flexibility index (Phi) is 17.3. The van der Waals surface area contributed by atoms with E-state index in [0.29, 0.717) is 6.42 Å². The van der Waals surface area contributed by atoms with Gasteiger partial charge in [-0.15, -0.1) is 0 Å². The first-order chi connectivity index (χ1) is 12.1. The Balaban J connectivity index is 3.19. The molecule has 0 fully saturated rings. The first-order valence-electron chi connectivity index (χ1n) is 10.6. The minimum atomic E-state index is -1.09. The van der Waals surface area contributed by atoms with Crippen molar-refractivity contribution >= 4 is 11.8 Å². The van der Waals surface area contributed by atoms with Crippen LogP contribution in [0.15, 0.2) is 0 Å². The minimum Gasteiger partial charge on any atom is -0.480 e. The van der Waals surface area contributed by atoms with E-state index in [4.69, 9.17) is 10.8 Å². The molecular weight excluding hydrogens is 314 g/mol. The maximum absolute atomic E-state index is 11.5. The van der Waals surface area contributed by atoms with Gasteiger partial charge in [-0.2, -0.15) is 0 Å². The van der Waals surface area contributed by atoms with Gasteiger partial charge in [-0.05, 0) is 6.42 Å². The van der Waals surface area contributed by atoms with Crippen LogP contribution in [0.5, 0.6) is 0 Å². The molecule has 0 radical (unpaired) electrons. The Labute approximate surface area is 154 Å². The molecule has 0 saturated heterocycles. The van der Waals surface area contributed by atoms with Crippen molar-refractivity contribution in [2.45, 2.75) is 122 Å². The molecule has 4 heteroatoms. The van der Waals surface area contributed by atoms with Crippen LogP contribution in [0, 0.1) is 0 Å². The first kappa shape index (κ1) is 24.1. The topological polar surface area (TPSA) is 80.4 Å². The molecule has 0 bridgehead atoms. The van der Waals surface area contributed by atoms with E-state index < -0.39 is 12.0 Å². The predicted octanol–water partition coefficient (Wildman–Crippen LogP) is 5.62. The second-order valence-electron chi connectivity index (χ2n) is 7.39. The van der Waals surface area contributed by atoms with E-state index in [2.05, 4.69) is 6.92 Å². The Bertz CT molecular complexity index is 331. The number of nitrogens with two attached hydrogens (primary N) is 1. The molecule has 0 aliphatic heterocycles. The van der Waals surface area contributed by atoms with Gasteiger partial charge in [-0.3, -0.25) is 9.59 Å². The van der Waals surface area contributed by atoms with Crippen LogP contribution in [-0.4, -0.2) is 22.9 Å². The lowest BCUT2D eigenvalue weighted by Crippen LogP contribution is -2.32. The number of Topliss-reactive ketones (excluding diaryl/α,β-unsaturated/α-hetero) is 1. The van der Waals surface area contributed by atoms with Gasteiger partial charge < -0.3 is 10.8 Å². The van der Waals surface area contributed by atoms with Gasteiger partial charge in [0, 0.05) is 12.8 Å². The zero-order chi connectivity index (χ0) is 18.8. The van der Waals surface area contributed by atoms with Crippen LogP contribution in [0.2, 0.25) is 0 Å². The summed E-state index contributed by atoms with van der Waals surface area (Å²) in [5.41, 5.74) is 5.35. The van der Waals surface area contributed by atoms with E-state index in [-0.39, 0.29) is 12.2 Å². The number of rotatable bonds is 19. The predicted molar refractivity (Wildman–Crippen MR) is 105 cm³/mol. The number of carbonyl (C=O) groups excluding carboxylic acids is 1. The Morgan fingerprint density at radius 1 is 0.720 bits per heavy atom. The molecule has 1 unspecified atom stereocenters. The number of carboxylic acids is 1. The number of hydrogen-bond acceptors (Lipinski definition) is 3. The molecule has 0 spiro atoms. The molecule has 1 atom stereocenters. The molecule has 148 valence electrons. The highest BCUT2D eigenvalue weighted by Crippen LogP contribution is 2.14. The third-order valence-corrected chi connectivity index (χ3v) is 4.82. The van der Waals surface area contributed by atoms with Crippen LogP contribution in [0.3, 0.4) is 0 Å². The number of ketones is 1. The van der Waals surface area contributed by atoms with Crippen LogP contribution < -0.4 is 5.73 Å². The zero-order valence-electron chi connectivity index (χ0n) is 16.4. The van der Waals surface area contributed by atoms with Gasteiger partial charge >= 0.3 is 5.97 Å². The zero-order valence-corrected chi connectivity index (χ0v) is 16.4. The molecule has 0 aliphatic carbocycles. The third-order valence-electron chi connectivity index (χ3n) is 4.82. The van der Waals surface area contributed by atoms with Crippen molar-refractivity contribution in [3.05, 3.63) is 0 Å². The Morgan fingerprint density at radius 3 is 1.44 bits per heavy atom. The number of carboxylic acid groups (broad SMARTS) is 1. The monoisotopic (exact) mass is 355 g/mol. The normalized spacial score (nSPS) is 12.2. The van der Waals surface area contributed by atoms with Gasteiger partial charge in [0.05, 0.1) is 0 Å². The molecule has 0 aromatic rings. The molecular formula is C21H41NO3. The molecule has 4 nitrogen and oxygen atoms in total. The van der Waals surface area contributed by atoms with Crippen LogP contribution in [0.4, 0.5) is 0 Å². The molecule has 0 aliphatic rings. The minimum absolute atomic E-state index is 0.0235. The Hall–Kier alpha value is -0.900. The quantitative estimate of drug-likeness (QED) is 0.295. The molecule has 0 heterocycles. The summed E-state index contributed by atoms with van der Waals surface area (Å²) in [5.74, 6) is -1.12. The standard InChI is InChI=1S/C21H41NO3/c1-2-3-4-5-6-7-8-9-10-11-12-13-14-15-16-17-19(23)18-20(22)21(24)25/h20H,2-18,22H2,1H3,(H,24,25). The second-order valence-corrected chi connectivity index (χ2v) is 7.39. The van der Waals surface area contributed by atoms with Crippen molar-refractivity contribution in [2.75, 3.05) is 0 Å². The molecule has 0 amide bonds. The van der Waals surface area contributed by atoms with Crippen LogP contribution in [0.25, 0.3) is 0 Å². The lowest BCUT2D eigenvalue weighted by atomic mass is 10.0. The molecule has 3 N–H and O–H groups in total. The lowest BCUT2D eigenvalue weighted by Gasteiger charge is -2.05. The van der Waals surface area contributed by atoms with Gasteiger partial charge in [0.25, 0.3) is 0 Å². The molecule has 0 saturated carbocycles. The summed E-state index contributed by atoms with van der Waals surface area (Å²) in [7, 11) is 0. The fourth-order valence-corrected chi connectivity index (χ4v) is 3.13. The maximum Gasteiger partial charge on any atom is 0.320 e. The molecule has 25 heavy (non-hydrogen) atoms. The average molecular weight is 356 g/mol. The van der Waals surface area contributed by atoms with Crippen molar-refractivity contribution in [3.63, 3.8) is 0 Å². The highest BCUT2D eigenvalue weighted by Gasteiger charge is 2.15. The van der Waals surface area contributed by atoms with E-state index >= 15 is 0 Å². The van der Waals surface area contributed by atoms with Crippen LogP contribution in [-0.2, 0) is 9.59 Å². The van der Waals surface area contributed by atoms with Crippen molar-refractivity contribution < 1.29 is 14.7 Å². The van der Waals surface area contributed by atoms with E-state index in [0.717, 1.165) is 12.8 Å². The number of carbonyl (C=O) groups is 2. The van der Waals surface area contributed by atoms with E-state index in [1.165, 1.54) is 83.5 Å². The van der Waals surface area contributed by atoms with Gasteiger partial charge in [0.2, 0.25) is 0 Å². The maximum atomic E-state index is 11.5. The average Bonchev–Trinajstić information content (AvgIpc) is 2.58. The Morgan fingerprint density at radius 2 is 1.08 bits per heavy atom. The third kappa shape index (κ3) is 17.7. The van der Waals surface area contributed by atoms with Crippen molar-refractivity contribution in [1.82, 2.24) is 0 Å². The first-order valence-corrected chi connectivity index (χ1v) is 10.6. The second kappa shape index (κ2) is 17.9. The van der Waals surface area contributed by atoms with Crippen molar-refractivity contribution in [1.29, 1.82) is 0 Å². The number of hydrogen-bond donors (Lipinski definition) is 2. The van der Waals surface area contributed by atoms with E-state index in [1.54, 1.807) is 0 Å². The van der Waals surface area contributed by atoms with Crippen molar-refractivity contribution in [3.8, 4) is 0 Å². The van der Waals surface area contributed by atoms with Crippen molar-refractivity contribution in [2.24, 2.45) is 5.73 Å². The summed E-state index contributed by atoms with van der Waals surface area (Å²) in [6.45, 7) is 2.26. The molecule has 0 aromatic carbocycles. The fraction of sp³-hybridized carbons (Fsp3) is 0.905. The SMILES string of the molecule is CCCCCCCCCCCCCCCCCC(=O)CC(N)C(=O)O. The number of unbranched alkanes of at least 4 members (excludes halogenated alkanes) is 14. The van der Waals surface area contributed by atoms with Gasteiger partial charge in [0.1, 0.15) is 11.8 Å². The summed E-state index contributed by atoms with van der Waals surface area (Å²) in [6.07, 6.45) is 19.9. The summed E-state index contributed by atoms with van der Waals surface area (Å²) in [5, 5.41) is 8.66. The van der Waals surface area contributed by atoms with E-state index in [1.807, 2.05) is 0 Å². The van der Waals surface area contributed by atoms with Gasteiger partial charge in [-0.25, -0.2) is 0 Å². The summed E-state index contributed by atoms with van der Waals surface area (Å²) in [6, 6.07) is -1.04. The highest BCUT2D eigenvalue weighted by molar-refractivity contribution is 5.85. The molecule has 0 aromatic heterocycles. The summed E-state index contributed by atoms with van der Waals surface area (Å²) in [4.78, 5) is 22.1. The molecule has 0 rings (SSSR count). The summed E-state index contributed by atoms with van der Waals surface area (Å²) >= 11 is 0. The van der Waals surface area contributed by atoms with Gasteiger partial charge in [-0.1, -0.05) is 96.8 Å². The van der Waals surface area contributed by atoms with Crippen LogP contribution in [0.1, 0.15) is 116 Å². The van der Waals surface area contributed by atoms with Crippen LogP contribution >= 0.6 is 0 Å². The van der Waals surface area contributed by atoms with E-state index in [9.17, 15) is 9.59 Å². The van der Waals surface area contributed by atoms with Gasteiger partial charge in [0.15, 0.2) is 0 Å².